The van der Waals surface area contributed by atoms with Crippen LogP contribution in [0.4, 0.5) is 0 Å². The van der Waals surface area contributed by atoms with Gasteiger partial charge in [0.2, 0.25) is 0 Å². The van der Waals surface area contributed by atoms with Gasteiger partial charge in [-0.05, 0) is 18.7 Å². The van der Waals surface area contributed by atoms with Gasteiger partial charge >= 0.3 is 0 Å². The first-order valence-electron chi connectivity index (χ1n) is 4.80. The van der Waals surface area contributed by atoms with E-state index in [4.69, 9.17) is 5.73 Å². The summed E-state index contributed by atoms with van der Waals surface area (Å²) < 4.78 is 1.74. The molecule has 0 fully saturated rings. The number of nitrogens with zero attached hydrogens (tertiary/aromatic N) is 4. The molecule has 0 unspecified atom stereocenters. The molecule has 0 radical (unpaired) electrons. The zero-order chi connectivity index (χ0) is 10.7. The number of hydrogen-bond donors (Lipinski definition) is 1. The van der Waals surface area contributed by atoms with Crippen LogP contribution < -0.4 is 5.73 Å². The normalized spacial score (nSPS) is 10.5. The summed E-state index contributed by atoms with van der Waals surface area (Å²) in [6.07, 6.45) is 4.10. The molecule has 0 spiro atoms. The smallest absolute Gasteiger partial charge is 0.157 e. The van der Waals surface area contributed by atoms with Crippen LogP contribution >= 0.6 is 0 Å². The predicted octanol–water partition coefficient (Wildman–Crippen LogP) is 0.378. The Morgan fingerprint density at radius 3 is 2.93 bits per heavy atom. The van der Waals surface area contributed by atoms with Gasteiger partial charge in [0.05, 0.1) is 0 Å². The van der Waals surface area contributed by atoms with Crippen LogP contribution in [0, 0.1) is 0 Å². The third-order valence-electron chi connectivity index (χ3n) is 2.19. The highest BCUT2D eigenvalue weighted by molar-refractivity contribution is 5.54. The van der Waals surface area contributed by atoms with E-state index in [9.17, 15) is 0 Å². The van der Waals surface area contributed by atoms with Gasteiger partial charge in [-0.2, -0.15) is 5.10 Å². The maximum atomic E-state index is 5.49. The average molecular weight is 203 g/mol. The highest BCUT2D eigenvalue weighted by Gasteiger charge is 2.04. The van der Waals surface area contributed by atoms with E-state index in [1.807, 2.05) is 19.2 Å². The Morgan fingerprint density at radius 2 is 2.27 bits per heavy atom. The van der Waals surface area contributed by atoms with Crippen molar-refractivity contribution < 1.29 is 0 Å². The molecule has 0 bridgehead atoms. The summed E-state index contributed by atoms with van der Waals surface area (Å²) >= 11 is 0. The second-order valence-corrected chi connectivity index (χ2v) is 3.28. The Hall–Kier alpha value is -1.75. The predicted molar refractivity (Wildman–Crippen MR) is 57.0 cm³/mol. The fraction of sp³-hybridized carbons (Fsp3) is 0.300. The van der Waals surface area contributed by atoms with Crippen molar-refractivity contribution in [2.45, 2.75) is 6.42 Å². The Balaban J connectivity index is 2.37. The molecule has 0 atom stereocenters. The number of nitrogens with two attached hydrogens (primary N) is 1. The summed E-state index contributed by atoms with van der Waals surface area (Å²) in [4.78, 5) is 8.41. The van der Waals surface area contributed by atoms with E-state index in [0.29, 0.717) is 6.54 Å². The lowest BCUT2D eigenvalue weighted by Gasteiger charge is -2.02. The van der Waals surface area contributed by atoms with Crippen LogP contribution in [0.5, 0.6) is 0 Å². The van der Waals surface area contributed by atoms with Crippen LogP contribution in [0.25, 0.3) is 11.4 Å². The van der Waals surface area contributed by atoms with Gasteiger partial charge in [0.25, 0.3) is 0 Å². The maximum Gasteiger partial charge on any atom is 0.157 e. The van der Waals surface area contributed by atoms with Gasteiger partial charge < -0.3 is 5.73 Å². The molecule has 0 saturated carbocycles. The minimum Gasteiger partial charge on any atom is -0.330 e. The van der Waals surface area contributed by atoms with E-state index in [2.05, 4.69) is 15.1 Å². The minimum atomic E-state index is 0.606. The van der Waals surface area contributed by atoms with Crippen LogP contribution in [-0.2, 0) is 13.5 Å². The zero-order valence-corrected chi connectivity index (χ0v) is 8.59. The van der Waals surface area contributed by atoms with Crippen molar-refractivity contribution in [3.8, 4) is 11.4 Å². The summed E-state index contributed by atoms with van der Waals surface area (Å²) in [6, 6.07) is 3.92. The Labute approximate surface area is 88.0 Å². The van der Waals surface area contributed by atoms with E-state index in [1.165, 1.54) is 0 Å². The molecule has 0 aromatic carbocycles. The van der Waals surface area contributed by atoms with Crippen LogP contribution in [0.2, 0.25) is 0 Å². The molecule has 0 aliphatic heterocycles. The zero-order valence-electron chi connectivity index (χ0n) is 8.59. The molecule has 2 N–H and O–H groups in total. The van der Waals surface area contributed by atoms with Crippen molar-refractivity contribution >= 4 is 0 Å². The topological polar surface area (TPSA) is 69.6 Å². The molecule has 2 aromatic heterocycles. The molecule has 0 aliphatic carbocycles. The van der Waals surface area contributed by atoms with Gasteiger partial charge in [-0.1, -0.05) is 0 Å². The quantitative estimate of drug-likeness (QED) is 0.782. The standard InChI is InChI=1S/C10H13N5/c1-15-10(13-7-14-15)8-3-5-12-9(6-8)2-4-11/h3,5-7H,2,4,11H2,1H3. The van der Waals surface area contributed by atoms with Crippen molar-refractivity contribution in [3.63, 3.8) is 0 Å². The van der Waals surface area contributed by atoms with Gasteiger partial charge in [0, 0.05) is 30.9 Å². The van der Waals surface area contributed by atoms with Crippen LogP contribution in [0.3, 0.4) is 0 Å². The average Bonchev–Trinajstić information content (AvgIpc) is 2.65. The second-order valence-electron chi connectivity index (χ2n) is 3.28. The summed E-state index contributed by atoms with van der Waals surface area (Å²) in [5.74, 6) is 0.843. The molecule has 15 heavy (non-hydrogen) atoms. The lowest BCUT2D eigenvalue weighted by molar-refractivity contribution is 0.774. The molecular weight excluding hydrogens is 190 g/mol. The van der Waals surface area contributed by atoms with Crippen LogP contribution in [0.1, 0.15) is 5.69 Å². The fourth-order valence-corrected chi connectivity index (χ4v) is 1.46. The molecule has 78 valence electrons. The third-order valence-corrected chi connectivity index (χ3v) is 2.19. The summed E-state index contributed by atoms with van der Waals surface area (Å²) in [7, 11) is 1.87. The lowest BCUT2D eigenvalue weighted by atomic mass is 10.2. The Kier molecular flexibility index (Phi) is 2.73. The summed E-state index contributed by atoms with van der Waals surface area (Å²) in [5, 5.41) is 4.03. The number of hydrogen-bond acceptors (Lipinski definition) is 4. The minimum absolute atomic E-state index is 0.606. The van der Waals surface area contributed by atoms with Gasteiger partial charge in [0.15, 0.2) is 5.82 Å². The summed E-state index contributed by atoms with van der Waals surface area (Å²) in [6.45, 7) is 0.606. The molecule has 0 saturated heterocycles. The monoisotopic (exact) mass is 203 g/mol. The first-order valence-corrected chi connectivity index (χ1v) is 4.80. The first kappa shape index (κ1) is 9.79. The Bertz CT molecular complexity index is 449. The molecule has 5 heteroatoms. The van der Waals surface area contributed by atoms with E-state index in [-0.39, 0.29) is 0 Å². The maximum absolute atomic E-state index is 5.49. The molecular formula is C10H13N5. The molecule has 2 aromatic rings. The highest BCUT2D eigenvalue weighted by atomic mass is 15.3. The van der Waals surface area contributed by atoms with Crippen molar-refractivity contribution in [3.05, 3.63) is 30.4 Å². The van der Waals surface area contributed by atoms with E-state index in [0.717, 1.165) is 23.5 Å². The van der Waals surface area contributed by atoms with Gasteiger partial charge in [-0.15, -0.1) is 0 Å². The van der Waals surface area contributed by atoms with E-state index in [1.54, 1.807) is 17.2 Å². The number of aryl methyl sites for hydroxylation is 1. The second kappa shape index (κ2) is 4.18. The fourth-order valence-electron chi connectivity index (χ4n) is 1.46. The summed E-state index contributed by atoms with van der Waals surface area (Å²) in [5.41, 5.74) is 7.49. The molecule has 5 nitrogen and oxygen atoms in total. The third kappa shape index (κ3) is 2.02. The Morgan fingerprint density at radius 1 is 1.40 bits per heavy atom. The lowest BCUT2D eigenvalue weighted by Crippen LogP contribution is -2.04. The number of pyridine rings is 1. The highest BCUT2D eigenvalue weighted by Crippen LogP contribution is 2.15. The number of aromatic nitrogens is 4. The number of rotatable bonds is 3. The SMILES string of the molecule is Cn1ncnc1-c1ccnc(CCN)c1. The van der Waals surface area contributed by atoms with Crippen LogP contribution in [-0.4, -0.2) is 26.3 Å². The molecule has 0 amide bonds. The van der Waals surface area contributed by atoms with Crippen molar-refractivity contribution in [2.75, 3.05) is 6.54 Å². The molecule has 2 rings (SSSR count). The molecule has 0 aliphatic rings. The van der Waals surface area contributed by atoms with Crippen molar-refractivity contribution in [1.29, 1.82) is 0 Å². The first-order chi connectivity index (χ1) is 7.31. The van der Waals surface area contributed by atoms with E-state index >= 15 is 0 Å². The van der Waals surface area contributed by atoms with Crippen LogP contribution in [0.15, 0.2) is 24.7 Å². The van der Waals surface area contributed by atoms with Crippen molar-refractivity contribution in [1.82, 2.24) is 19.7 Å². The largest absolute Gasteiger partial charge is 0.330 e. The van der Waals surface area contributed by atoms with E-state index < -0.39 is 0 Å². The van der Waals surface area contributed by atoms with Gasteiger partial charge in [0.1, 0.15) is 6.33 Å². The van der Waals surface area contributed by atoms with Gasteiger partial charge in [-0.25, -0.2) is 9.67 Å². The van der Waals surface area contributed by atoms with Gasteiger partial charge in [-0.3, -0.25) is 4.98 Å². The van der Waals surface area contributed by atoms with Crippen molar-refractivity contribution in [2.24, 2.45) is 12.8 Å². The molecule has 2 heterocycles.